The number of hydrogen-bond acceptors (Lipinski definition) is 4. The van der Waals surface area contributed by atoms with E-state index in [4.69, 9.17) is 4.74 Å². The molecule has 2 unspecified atom stereocenters. The van der Waals surface area contributed by atoms with Gasteiger partial charge in [0, 0.05) is 30.0 Å². The summed E-state index contributed by atoms with van der Waals surface area (Å²) in [5.41, 5.74) is 3.69. The van der Waals surface area contributed by atoms with Crippen molar-refractivity contribution in [2.45, 2.75) is 39.4 Å². The zero-order valence-electron chi connectivity index (χ0n) is 12.6. The van der Waals surface area contributed by atoms with E-state index in [1.54, 1.807) is 0 Å². The number of esters is 1. The maximum atomic E-state index is 11.6. The van der Waals surface area contributed by atoms with Crippen LogP contribution in [0.25, 0.3) is 0 Å². The number of benzene rings is 1. The first-order valence-corrected chi connectivity index (χ1v) is 7.10. The molecular weight excluding hydrogens is 290 g/mol. The summed E-state index contributed by atoms with van der Waals surface area (Å²) in [4.78, 5) is 11.6. The number of aliphatic hydroxyl groups excluding tert-OH is 1. The number of cyclic esters (lactones) is 1. The zero-order valence-corrected chi connectivity index (χ0v) is 13.4. The Morgan fingerprint density at radius 1 is 1.38 bits per heavy atom. The summed E-state index contributed by atoms with van der Waals surface area (Å²) in [5, 5.41) is 14.0. The van der Waals surface area contributed by atoms with Crippen LogP contribution in [0.4, 0.5) is 0 Å². The van der Waals surface area contributed by atoms with Crippen LogP contribution in [0.15, 0.2) is 12.1 Å². The number of aliphatic hydroxyl groups is 1. The Hall–Kier alpha value is -1.10. The number of rotatable bonds is 1. The Morgan fingerprint density at radius 3 is 2.81 bits per heavy atom. The van der Waals surface area contributed by atoms with E-state index in [9.17, 15) is 9.90 Å². The summed E-state index contributed by atoms with van der Waals surface area (Å²) in [7, 11) is 0. The highest BCUT2D eigenvalue weighted by molar-refractivity contribution is 5.94. The second kappa shape index (κ2) is 5.59. The van der Waals surface area contributed by atoms with E-state index in [1.807, 2.05) is 19.1 Å². The normalized spacial score (nSPS) is 26.8. The molecule has 3 rings (SSSR count). The molecule has 2 atom stereocenters. The maximum absolute atomic E-state index is 11.6. The average molecular weight is 312 g/mol. The van der Waals surface area contributed by atoms with Crippen molar-refractivity contribution in [1.82, 2.24) is 5.32 Å². The van der Waals surface area contributed by atoms with Gasteiger partial charge in [0.25, 0.3) is 0 Å². The van der Waals surface area contributed by atoms with Crippen LogP contribution in [0, 0.1) is 12.3 Å². The first-order chi connectivity index (χ1) is 9.42. The van der Waals surface area contributed by atoms with Gasteiger partial charge in [-0.1, -0.05) is 19.9 Å². The molecule has 0 saturated carbocycles. The highest BCUT2D eigenvalue weighted by Gasteiger charge is 2.39. The minimum Gasteiger partial charge on any atom is -0.457 e. The molecule has 1 fully saturated rings. The van der Waals surface area contributed by atoms with Crippen LogP contribution in [0.3, 0.4) is 0 Å². The first kappa shape index (κ1) is 16.3. The Bertz CT molecular complexity index is 571. The van der Waals surface area contributed by atoms with E-state index in [0.717, 1.165) is 29.8 Å². The topological polar surface area (TPSA) is 58.6 Å². The smallest absolute Gasteiger partial charge is 0.338 e. The molecule has 2 aliphatic heterocycles. The van der Waals surface area contributed by atoms with Gasteiger partial charge in [0.05, 0.1) is 11.7 Å². The van der Waals surface area contributed by atoms with Crippen molar-refractivity contribution in [2.24, 2.45) is 5.41 Å². The number of ether oxygens (including phenoxy) is 1. The lowest BCUT2D eigenvalue weighted by Crippen LogP contribution is -2.51. The molecule has 0 spiro atoms. The van der Waals surface area contributed by atoms with Crippen molar-refractivity contribution in [3.05, 3.63) is 34.4 Å². The van der Waals surface area contributed by atoms with Gasteiger partial charge >= 0.3 is 5.97 Å². The SMILES string of the molecule is Cc1c(C2CNCC(C)(C)C2O)ccc2c1COC2=O.Cl. The van der Waals surface area contributed by atoms with Crippen LogP contribution in [0.2, 0.25) is 0 Å². The fraction of sp³-hybridized carbons (Fsp3) is 0.562. The van der Waals surface area contributed by atoms with Crippen molar-refractivity contribution in [3.8, 4) is 0 Å². The van der Waals surface area contributed by atoms with Crippen molar-refractivity contribution in [2.75, 3.05) is 13.1 Å². The third kappa shape index (κ3) is 2.56. The van der Waals surface area contributed by atoms with Crippen molar-refractivity contribution in [1.29, 1.82) is 0 Å². The number of carbonyl (C=O) groups excluding carboxylic acids is 1. The highest BCUT2D eigenvalue weighted by atomic mass is 35.5. The number of hydrogen-bond donors (Lipinski definition) is 2. The van der Waals surface area contributed by atoms with Crippen LogP contribution in [-0.2, 0) is 11.3 Å². The molecule has 116 valence electrons. The summed E-state index contributed by atoms with van der Waals surface area (Å²) in [5.74, 6) is -0.183. The van der Waals surface area contributed by atoms with Gasteiger partial charge in [-0.15, -0.1) is 12.4 Å². The first-order valence-electron chi connectivity index (χ1n) is 7.10. The molecular formula is C16H22ClNO3. The third-order valence-corrected chi connectivity index (χ3v) is 4.73. The molecule has 5 heteroatoms. The molecule has 0 radical (unpaired) electrons. The number of halogens is 1. The Labute approximate surface area is 131 Å². The van der Waals surface area contributed by atoms with Crippen molar-refractivity contribution < 1.29 is 14.6 Å². The average Bonchev–Trinajstić information content (AvgIpc) is 2.77. The summed E-state index contributed by atoms with van der Waals surface area (Å²) >= 11 is 0. The molecule has 0 amide bonds. The Morgan fingerprint density at radius 2 is 2.10 bits per heavy atom. The van der Waals surface area contributed by atoms with Gasteiger partial charge < -0.3 is 15.2 Å². The van der Waals surface area contributed by atoms with E-state index >= 15 is 0 Å². The largest absolute Gasteiger partial charge is 0.457 e. The molecule has 21 heavy (non-hydrogen) atoms. The maximum Gasteiger partial charge on any atom is 0.338 e. The minimum absolute atomic E-state index is 0. The fourth-order valence-corrected chi connectivity index (χ4v) is 3.36. The molecule has 4 nitrogen and oxygen atoms in total. The third-order valence-electron chi connectivity index (χ3n) is 4.73. The van der Waals surface area contributed by atoms with Gasteiger partial charge in [0.15, 0.2) is 0 Å². The lowest BCUT2D eigenvalue weighted by atomic mass is 9.73. The van der Waals surface area contributed by atoms with E-state index in [0.29, 0.717) is 12.2 Å². The van der Waals surface area contributed by atoms with Gasteiger partial charge in [-0.05, 0) is 24.1 Å². The summed E-state index contributed by atoms with van der Waals surface area (Å²) in [6.45, 7) is 8.10. The quantitative estimate of drug-likeness (QED) is 0.780. The predicted octanol–water partition coefficient (Wildman–Crippen LogP) is 2.16. The molecule has 1 aromatic carbocycles. The van der Waals surface area contributed by atoms with Crippen LogP contribution < -0.4 is 5.32 Å². The summed E-state index contributed by atoms with van der Waals surface area (Å²) < 4.78 is 5.10. The molecule has 0 aromatic heterocycles. The molecule has 1 saturated heterocycles. The van der Waals surface area contributed by atoms with E-state index < -0.39 is 6.10 Å². The van der Waals surface area contributed by atoms with E-state index in [1.165, 1.54) is 0 Å². The minimum atomic E-state index is -0.390. The number of piperidine rings is 1. The molecule has 2 N–H and O–H groups in total. The van der Waals surface area contributed by atoms with E-state index in [2.05, 4.69) is 19.2 Å². The Balaban J connectivity index is 0.00000161. The second-order valence-electron chi connectivity index (χ2n) is 6.55. The van der Waals surface area contributed by atoms with Crippen LogP contribution in [0.1, 0.15) is 46.8 Å². The molecule has 2 heterocycles. The van der Waals surface area contributed by atoms with Gasteiger partial charge in [-0.2, -0.15) is 0 Å². The monoisotopic (exact) mass is 311 g/mol. The van der Waals surface area contributed by atoms with Crippen molar-refractivity contribution in [3.63, 3.8) is 0 Å². The van der Waals surface area contributed by atoms with Crippen LogP contribution in [0.5, 0.6) is 0 Å². The Kier molecular flexibility index (Phi) is 4.34. The van der Waals surface area contributed by atoms with Gasteiger partial charge in [0.1, 0.15) is 6.61 Å². The number of fused-ring (bicyclic) bond motifs is 1. The van der Waals surface area contributed by atoms with Crippen molar-refractivity contribution >= 4 is 18.4 Å². The summed E-state index contributed by atoms with van der Waals surface area (Å²) in [6.07, 6.45) is -0.390. The van der Waals surface area contributed by atoms with Crippen LogP contribution >= 0.6 is 12.4 Å². The summed E-state index contributed by atoms with van der Waals surface area (Å²) in [6, 6.07) is 3.80. The lowest BCUT2D eigenvalue weighted by Gasteiger charge is -2.42. The lowest BCUT2D eigenvalue weighted by molar-refractivity contribution is 0.00605. The standard InChI is InChI=1S/C16H21NO3.ClH/c1-9-10(4-5-11-13(9)7-20-15(11)19)12-6-17-8-16(2,3)14(12)18;/h4-5,12,14,17-18H,6-8H2,1-3H3;1H. The predicted molar refractivity (Wildman–Crippen MR) is 82.9 cm³/mol. The van der Waals surface area contributed by atoms with Crippen LogP contribution in [-0.4, -0.2) is 30.3 Å². The fourth-order valence-electron chi connectivity index (χ4n) is 3.36. The molecule has 0 aliphatic carbocycles. The molecule has 0 bridgehead atoms. The van der Waals surface area contributed by atoms with Gasteiger partial charge in [-0.25, -0.2) is 4.79 Å². The van der Waals surface area contributed by atoms with Gasteiger partial charge in [-0.3, -0.25) is 0 Å². The molecule has 2 aliphatic rings. The zero-order chi connectivity index (χ0) is 14.5. The number of nitrogens with one attached hydrogen (secondary N) is 1. The molecule has 1 aromatic rings. The van der Waals surface area contributed by atoms with E-state index in [-0.39, 0.29) is 29.7 Å². The second-order valence-corrected chi connectivity index (χ2v) is 6.55. The highest BCUT2D eigenvalue weighted by Crippen LogP contribution is 2.38. The number of carbonyl (C=O) groups is 1. The van der Waals surface area contributed by atoms with Gasteiger partial charge in [0.2, 0.25) is 0 Å².